The van der Waals surface area contributed by atoms with Crippen molar-refractivity contribution < 1.29 is 14.3 Å². The van der Waals surface area contributed by atoms with Crippen molar-refractivity contribution in [1.29, 1.82) is 0 Å². The van der Waals surface area contributed by atoms with Crippen LogP contribution in [0, 0.1) is 5.41 Å². The minimum atomic E-state index is -0.584. The highest BCUT2D eigenvalue weighted by atomic mass is 16.5. The van der Waals surface area contributed by atoms with Crippen molar-refractivity contribution in [2.45, 2.75) is 6.04 Å². The SMILES string of the molecule is COC(=O)C1(C(c2ccccc2)N(C)C)COC1. The third kappa shape index (κ3) is 2.02. The van der Waals surface area contributed by atoms with Gasteiger partial charge in [-0.2, -0.15) is 0 Å². The average Bonchev–Trinajstić information content (AvgIpc) is 2.33. The molecular weight excluding hydrogens is 230 g/mol. The molecule has 1 aromatic carbocycles. The van der Waals surface area contributed by atoms with Crippen molar-refractivity contribution in [3.8, 4) is 0 Å². The summed E-state index contributed by atoms with van der Waals surface area (Å²) < 4.78 is 10.3. The van der Waals surface area contributed by atoms with Crippen LogP contribution in [0.3, 0.4) is 0 Å². The van der Waals surface area contributed by atoms with Crippen LogP contribution in [0.25, 0.3) is 0 Å². The molecule has 1 aliphatic rings. The van der Waals surface area contributed by atoms with Gasteiger partial charge in [-0.05, 0) is 19.7 Å². The lowest BCUT2D eigenvalue weighted by Crippen LogP contribution is -2.57. The van der Waals surface area contributed by atoms with E-state index >= 15 is 0 Å². The average molecular weight is 249 g/mol. The minimum absolute atomic E-state index is 0.0279. The second-order valence-electron chi connectivity index (χ2n) is 4.92. The van der Waals surface area contributed by atoms with E-state index < -0.39 is 5.41 Å². The molecule has 2 rings (SSSR count). The van der Waals surface area contributed by atoms with Crippen molar-refractivity contribution in [1.82, 2.24) is 4.90 Å². The molecule has 0 spiro atoms. The van der Waals surface area contributed by atoms with Gasteiger partial charge in [0, 0.05) is 0 Å². The summed E-state index contributed by atoms with van der Waals surface area (Å²) in [6.45, 7) is 0.828. The van der Waals surface area contributed by atoms with E-state index in [1.165, 1.54) is 7.11 Å². The number of hydrogen-bond donors (Lipinski definition) is 0. The summed E-state index contributed by atoms with van der Waals surface area (Å²) in [5.74, 6) is -0.198. The molecule has 1 fully saturated rings. The number of rotatable bonds is 4. The van der Waals surface area contributed by atoms with E-state index in [4.69, 9.17) is 9.47 Å². The fraction of sp³-hybridized carbons (Fsp3) is 0.500. The van der Waals surface area contributed by atoms with Crippen LogP contribution in [-0.4, -0.2) is 45.3 Å². The zero-order valence-electron chi connectivity index (χ0n) is 11.1. The van der Waals surface area contributed by atoms with Gasteiger partial charge in [-0.25, -0.2) is 0 Å². The molecule has 4 heteroatoms. The summed E-state index contributed by atoms with van der Waals surface area (Å²) in [4.78, 5) is 14.2. The maximum Gasteiger partial charge on any atom is 0.318 e. The van der Waals surface area contributed by atoms with Crippen LogP contribution in [0.5, 0.6) is 0 Å². The monoisotopic (exact) mass is 249 g/mol. The second kappa shape index (κ2) is 5.08. The van der Waals surface area contributed by atoms with Gasteiger partial charge in [0.05, 0.1) is 26.4 Å². The first-order valence-corrected chi connectivity index (χ1v) is 5.99. The Balaban J connectivity index is 2.39. The smallest absolute Gasteiger partial charge is 0.318 e. The largest absolute Gasteiger partial charge is 0.468 e. The van der Waals surface area contributed by atoms with Crippen molar-refractivity contribution >= 4 is 5.97 Å². The number of nitrogens with zero attached hydrogens (tertiary/aromatic N) is 1. The summed E-state index contributed by atoms with van der Waals surface area (Å²) in [5, 5.41) is 0. The number of ether oxygens (including phenoxy) is 2. The van der Waals surface area contributed by atoms with Gasteiger partial charge in [0.15, 0.2) is 0 Å². The Morgan fingerprint density at radius 2 is 1.94 bits per heavy atom. The van der Waals surface area contributed by atoms with Crippen LogP contribution in [0.1, 0.15) is 11.6 Å². The summed E-state index contributed by atoms with van der Waals surface area (Å²) in [6.07, 6.45) is 0. The van der Waals surface area contributed by atoms with Crippen LogP contribution in [0.4, 0.5) is 0 Å². The molecule has 0 amide bonds. The lowest BCUT2D eigenvalue weighted by atomic mass is 9.74. The molecule has 0 bridgehead atoms. The number of hydrogen-bond acceptors (Lipinski definition) is 4. The fourth-order valence-electron chi connectivity index (χ4n) is 2.66. The molecule has 1 saturated heterocycles. The fourth-order valence-corrected chi connectivity index (χ4v) is 2.66. The molecule has 18 heavy (non-hydrogen) atoms. The molecule has 1 heterocycles. The summed E-state index contributed by atoms with van der Waals surface area (Å²) in [6, 6.07) is 9.98. The highest BCUT2D eigenvalue weighted by molar-refractivity contribution is 5.79. The molecule has 1 unspecified atom stereocenters. The predicted octanol–water partition coefficient (Wildman–Crippen LogP) is 1.48. The Morgan fingerprint density at radius 1 is 1.33 bits per heavy atom. The zero-order valence-corrected chi connectivity index (χ0v) is 11.1. The summed E-state index contributed by atoms with van der Waals surface area (Å²) in [7, 11) is 5.38. The maximum absolute atomic E-state index is 12.1. The Labute approximate surface area is 107 Å². The Hall–Kier alpha value is -1.39. The molecular formula is C14H19NO3. The van der Waals surface area contributed by atoms with Gasteiger partial charge in [0.1, 0.15) is 5.41 Å². The highest BCUT2D eigenvalue weighted by Crippen LogP contribution is 2.44. The maximum atomic E-state index is 12.1. The van der Waals surface area contributed by atoms with Gasteiger partial charge < -0.3 is 14.4 Å². The topological polar surface area (TPSA) is 38.8 Å². The number of carbonyl (C=O) groups is 1. The van der Waals surface area contributed by atoms with Gasteiger partial charge in [0.2, 0.25) is 0 Å². The van der Waals surface area contributed by atoms with E-state index in [9.17, 15) is 4.79 Å². The number of methoxy groups -OCH3 is 1. The van der Waals surface area contributed by atoms with Crippen molar-refractivity contribution in [2.75, 3.05) is 34.4 Å². The van der Waals surface area contributed by atoms with E-state index in [0.717, 1.165) is 5.56 Å². The summed E-state index contributed by atoms with van der Waals surface area (Å²) in [5.41, 5.74) is 0.524. The molecule has 0 N–H and O–H groups in total. The van der Waals surface area contributed by atoms with Crippen LogP contribution < -0.4 is 0 Å². The predicted molar refractivity (Wildman–Crippen MR) is 68.1 cm³/mol. The molecule has 1 aromatic rings. The zero-order chi connectivity index (χ0) is 13.2. The molecule has 0 aromatic heterocycles. The van der Waals surface area contributed by atoms with Crippen LogP contribution in [0.15, 0.2) is 30.3 Å². The van der Waals surface area contributed by atoms with Gasteiger partial charge >= 0.3 is 5.97 Å². The lowest BCUT2D eigenvalue weighted by Gasteiger charge is -2.47. The molecule has 0 aliphatic carbocycles. The van der Waals surface area contributed by atoms with Crippen LogP contribution in [0.2, 0.25) is 0 Å². The van der Waals surface area contributed by atoms with Gasteiger partial charge in [-0.1, -0.05) is 30.3 Å². The van der Waals surface area contributed by atoms with Gasteiger partial charge in [-0.15, -0.1) is 0 Å². The standard InChI is InChI=1S/C14H19NO3/c1-15(2)12(11-7-5-4-6-8-11)14(9-18-10-14)13(16)17-3/h4-8,12H,9-10H2,1-3H3. The van der Waals surface area contributed by atoms with E-state index in [1.807, 2.05) is 44.4 Å². The van der Waals surface area contributed by atoms with Crippen LogP contribution >= 0.6 is 0 Å². The molecule has 0 radical (unpaired) electrons. The quantitative estimate of drug-likeness (QED) is 0.758. The normalized spacial score (nSPS) is 19.1. The van der Waals surface area contributed by atoms with Gasteiger partial charge in [0.25, 0.3) is 0 Å². The van der Waals surface area contributed by atoms with Crippen molar-refractivity contribution in [3.63, 3.8) is 0 Å². The molecule has 1 atom stereocenters. The van der Waals surface area contributed by atoms with E-state index in [0.29, 0.717) is 13.2 Å². The molecule has 98 valence electrons. The number of carbonyl (C=O) groups excluding carboxylic acids is 1. The van der Waals surface area contributed by atoms with E-state index in [1.54, 1.807) is 0 Å². The molecule has 4 nitrogen and oxygen atoms in total. The van der Waals surface area contributed by atoms with E-state index in [-0.39, 0.29) is 12.0 Å². The first kappa shape index (κ1) is 13.1. The Morgan fingerprint density at radius 3 is 2.33 bits per heavy atom. The Bertz CT molecular complexity index is 412. The van der Waals surface area contributed by atoms with Crippen molar-refractivity contribution in [3.05, 3.63) is 35.9 Å². The third-order valence-electron chi connectivity index (χ3n) is 3.47. The minimum Gasteiger partial charge on any atom is -0.468 e. The second-order valence-corrected chi connectivity index (χ2v) is 4.92. The first-order chi connectivity index (χ1) is 8.62. The Kier molecular flexibility index (Phi) is 3.68. The highest BCUT2D eigenvalue weighted by Gasteiger charge is 2.54. The molecule has 1 aliphatic heterocycles. The number of benzene rings is 1. The summed E-state index contributed by atoms with van der Waals surface area (Å²) >= 11 is 0. The van der Waals surface area contributed by atoms with E-state index in [2.05, 4.69) is 4.90 Å². The van der Waals surface area contributed by atoms with Crippen LogP contribution in [-0.2, 0) is 14.3 Å². The van der Waals surface area contributed by atoms with Gasteiger partial charge in [-0.3, -0.25) is 4.79 Å². The van der Waals surface area contributed by atoms with Crippen molar-refractivity contribution in [2.24, 2.45) is 5.41 Å². The third-order valence-corrected chi connectivity index (χ3v) is 3.47. The number of esters is 1. The lowest BCUT2D eigenvalue weighted by molar-refractivity contribution is -0.197. The first-order valence-electron chi connectivity index (χ1n) is 5.99. The molecule has 0 saturated carbocycles.